The van der Waals surface area contributed by atoms with Crippen LogP contribution in [0.4, 0.5) is 11.4 Å². The molecule has 0 radical (unpaired) electrons. The number of hydrogen-bond acceptors (Lipinski definition) is 7. The lowest BCUT2D eigenvalue weighted by molar-refractivity contribution is -0.133. The van der Waals surface area contributed by atoms with Crippen LogP contribution in [0.1, 0.15) is 13.3 Å². The van der Waals surface area contributed by atoms with Crippen molar-refractivity contribution in [1.29, 1.82) is 0 Å². The molecule has 32 heavy (non-hydrogen) atoms. The standard InChI is InChI=1S/C22H29N5O4S/c1-2-31-19-10-8-17(9-11-19)25-32(29,30)21-16-20(23-24-21)22(28)27-14-12-26(13-15-27)18-6-4-3-5-7-18/h3-11,20-21,23-25H,2,12-16H2,1H3. The SMILES string of the molecule is CCOc1ccc(NS(=O)(=O)C2CC(C(=O)N3CCN(c4ccccc4)CC3)NN2)cc1. The first-order valence-electron chi connectivity index (χ1n) is 10.8. The minimum Gasteiger partial charge on any atom is -0.494 e. The molecule has 2 aliphatic heterocycles. The Morgan fingerprint density at radius 3 is 2.38 bits per heavy atom. The third-order valence-electron chi connectivity index (χ3n) is 5.68. The van der Waals surface area contributed by atoms with Gasteiger partial charge in [0.2, 0.25) is 15.9 Å². The molecule has 2 aromatic carbocycles. The van der Waals surface area contributed by atoms with Crippen molar-refractivity contribution in [3.05, 3.63) is 54.6 Å². The maximum absolute atomic E-state index is 12.9. The Morgan fingerprint density at radius 2 is 1.72 bits per heavy atom. The van der Waals surface area contributed by atoms with Crippen molar-refractivity contribution in [2.75, 3.05) is 42.4 Å². The van der Waals surface area contributed by atoms with E-state index in [1.807, 2.05) is 25.1 Å². The van der Waals surface area contributed by atoms with Gasteiger partial charge in [-0.25, -0.2) is 19.3 Å². The van der Waals surface area contributed by atoms with Crippen molar-refractivity contribution in [3.8, 4) is 5.75 Å². The summed E-state index contributed by atoms with van der Waals surface area (Å²) in [6.07, 6.45) is 0.157. The predicted molar refractivity (Wildman–Crippen MR) is 124 cm³/mol. The van der Waals surface area contributed by atoms with Crippen molar-refractivity contribution < 1.29 is 17.9 Å². The molecule has 2 fully saturated rings. The number of piperazine rings is 1. The molecule has 0 aliphatic carbocycles. The van der Waals surface area contributed by atoms with Crippen LogP contribution >= 0.6 is 0 Å². The summed E-state index contributed by atoms with van der Waals surface area (Å²) in [5.41, 5.74) is 7.23. The summed E-state index contributed by atoms with van der Waals surface area (Å²) in [4.78, 5) is 17.0. The molecule has 0 bridgehead atoms. The Balaban J connectivity index is 1.30. The van der Waals surface area contributed by atoms with Crippen LogP contribution in [0, 0.1) is 0 Å². The number of anilines is 2. The molecule has 2 atom stereocenters. The van der Waals surface area contributed by atoms with Crippen LogP contribution in [0.15, 0.2) is 54.6 Å². The highest BCUT2D eigenvalue weighted by atomic mass is 32.2. The number of nitrogens with one attached hydrogen (secondary N) is 3. The van der Waals surface area contributed by atoms with E-state index in [1.54, 1.807) is 29.2 Å². The zero-order valence-corrected chi connectivity index (χ0v) is 18.8. The van der Waals surface area contributed by atoms with E-state index >= 15 is 0 Å². The maximum atomic E-state index is 12.9. The fourth-order valence-electron chi connectivity index (χ4n) is 3.96. The van der Waals surface area contributed by atoms with E-state index in [9.17, 15) is 13.2 Å². The monoisotopic (exact) mass is 459 g/mol. The summed E-state index contributed by atoms with van der Waals surface area (Å²) in [7, 11) is -3.72. The molecule has 10 heteroatoms. The number of hydrogen-bond donors (Lipinski definition) is 3. The van der Waals surface area contributed by atoms with Gasteiger partial charge in [-0.1, -0.05) is 18.2 Å². The smallest absolute Gasteiger partial charge is 0.250 e. The first-order valence-corrected chi connectivity index (χ1v) is 12.4. The minimum absolute atomic E-state index is 0.0796. The highest BCUT2D eigenvalue weighted by Crippen LogP contribution is 2.21. The summed E-state index contributed by atoms with van der Waals surface area (Å²) in [6, 6.07) is 16.3. The zero-order chi connectivity index (χ0) is 22.6. The zero-order valence-electron chi connectivity index (χ0n) is 18.0. The normalized spacial score (nSPS) is 21.4. The highest BCUT2D eigenvalue weighted by Gasteiger charge is 2.39. The van der Waals surface area contributed by atoms with Crippen LogP contribution in [0.2, 0.25) is 0 Å². The van der Waals surface area contributed by atoms with Gasteiger partial charge in [0.25, 0.3) is 0 Å². The topological polar surface area (TPSA) is 103 Å². The molecule has 2 unspecified atom stereocenters. The van der Waals surface area contributed by atoms with Crippen molar-refractivity contribution in [2.24, 2.45) is 0 Å². The first kappa shape index (κ1) is 22.4. The highest BCUT2D eigenvalue weighted by molar-refractivity contribution is 7.93. The molecule has 3 N–H and O–H groups in total. The number of carbonyl (C=O) groups excluding carboxylic acids is 1. The Labute approximate surface area is 188 Å². The summed E-state index contributed by atoms with van der Waals surface area (Å²) in [5.74, 6) is 0.595. The third-order valence-corrected chi connectivity index (χ3v) is 7.26. The second-order valence-corrected chi connectivity index (χ2v) is 9.68. The third kappa shape index (κ3) is 5.14. The molecular formula is C22H29N5O4S. The van der Waals surface area contributed by atoms with Crippen molar-refractivity contribution in [3.63, 3.8) is 0 Å². The average molecular weight is 460 g/mol. The van der Waals surface area contributed by atoms with Gasteiger partial charge in [0.15, 0.2) is 0 Å². The number of benzene rings is 2. The van der Waals surface area contributed by atoms with Gasteiger partial charge in [0.05, 0.1) is 6.61 Å². The fourth-order valence-corrected chi connectivity index (χ4v) is 5.23. The molecule has 2 saturated heterocycles. The van der Waals surface area contributed by atoms with Gasteiger partial charge in [-0.05, 0) is 43.3 Å². The van der Waals surface area contributed by atoms with E-state index in [4.69, 9.17) is 4.74 Å². The molecule has 172 valence electrons. The predicted octanol–water partition coefficient (Wildman–Crippen LogP) is 1.37. The molecule has 2 aliphatic rings. The number of carbonyl (C=O) groups is 1. The number of sulfonamides is 1. The quantitative estimate of drug-likeness (QED) is 0.575. The lowest BCUT2D eigenvalue weighted by Gasteiger charge is -2.37. The number of rotatable bonds is 7. The molecule has 0 spiro atoms. The average Bonchev–Trinajstić information content (AvgIpc) is 3.32. The lowest BCUT2D eigenvalue weighted by atomic mass is 10.2. The van der Waals surface area contributed by atoms with E-state index in [0.717, 1.165) is 18.8 Å². The summed E-state index contributed by atoms with van der Waals surface area (Å²) >= 11 is 0. The molecule has 2 aromatic rings. The molecule has 4 rings (SSSR count). The van der Waals surface area contributed by atoms with Crippen LogP contribution in [-0.4, -0.2) is 63.4 Å². The fraction of sp³-hybridized carbons (Fsp3) is 0.409. The van der Waals surface area contributed by atoms with Gasteiger partial charge in [-0.3, -0.25) is 9.52 Å². The van der Waals surface area contributed by atoms with Crippen molar-refractivity contribution in [1.82, 2.24) is 15.8 Å². The molecule has 1 amide bonds. The number of hydrazine groups is 1. The van der Waals surface area contributed by atoms with Crippen LogP contribution < -0.4 is 25.2 Å². The molecule has 2 heterocycles. The molecule has 0 aromatic heterocycles. The Kier molecular flexibility index (Phi) is 6.83. The Hall–Kier alpha value is -2.82. The molecule has 9 nitrogen and oxygen atoms in total. The van der Waals surface area contributed by atoms with Gasteiger partial charge < -0.3 is 14.5 Å². The van der Waals surface area contributed by atoms with Crippen molar-refractivity contribution >= 4 is 27.3 Å². The van der Waals surface area contributed by atoms with Gasteiger partial charge >= 0.3 is 0 Å². The van der Waals surface area contributed by atoms with E-state index in [1.165, 1.54) is 0 Å². The number of nitrogens with zero attached hydrogens (tertiary/aromatic N) is 2. The maximum Gasteiger partial charge on any atom is 0.250 e. The molecular weight excluding hydrogens is 430 g/mol. The largest absolute Gasteiger partial charge is 0.494 e. The van der Waals surface area contributed by atoms with Crippen LogP contribution in [-0.2, 0) is 14.8 Å². The van der Waals surface area contributed by atoms with Crippen molar-refractivity contribution in [2.45, 2.75) is 24.8 Å². The van der Waals surface area contributed by atoms with E-state index in [0.29, 0.717) is 31.1 Å². The number of amides is 1. The van der Waals surface area contributed by atoms with Gasteiger partial charge in [0, 0.05) is 44.0 Å². The summed E-state index contributed by atoms with van der Waals surface area (Å²) in [6.45, 7) is 5.13. The van der Waals surface area contributed by atoms with E-state index in [-0.39, 0.29) is 12.3 Å². The van der Waals surface area contributed by atoms with Crippen LogP contribution in [0.5, 0.6) is 5.75 Å². The summed E-state index contributed by atoms with van der Waals surface area (Å²) < 4.78 is 33.5. The lowest BCUT2D eigenvalue weighted by Crippen LogP contribution is -2.53. The van der Waals surface area contributed by atoms with Gasteiger partial charge in [0.1, 0.15) is 17.2 Å². The second kappa shape index (κ2) is 9.76. The van der Waals surface area contributed by atoms with E-state index < -0.39 is 21.4 Å². The first-order chi connectivity index (χ1) is 15.5. The van der Waals surface area contributed by atoms with Gasteiger partial charge in [-0.2, -0.15) is 0 Å². The Bertz CT molecular complexity index is 1010. The Morgan fingerprint density at radius 1 is 1.03 bits per heavy atom. The van der Waals surface area contributed by atoms with Crippen LogP contribution in [0.25, 0.3) is 0 Å². The summed E-state index contributed by atoms with van der Waals surface area (Å²) in [5, 5.41) is -0.909. The minimum atomic E-state index is -3.72. The number of para-hydroxylation sites is 1. The van der Waals surface area contributed by atoms with Crippen LogP contribution in [0.3, 0.4) is 0 Å². The van der Waals surface area contributed by atoms with Gasteiger partial charge in [-0.15, -0.1) is 0 Å². The second-order valence-electron chi connectivity index (χ2n) is 7.82. The number of ether oxygens (including phenoxy) is 1. The van der Waals surface area contributed by atoms with E-state index in [2.05, 4.69) is 32.6 Å². The molecule has 0 saturated carbocycles.